The summed E-state index contributed by atoms with van der Waals surface area (Å²) in [7, 11) is 0. The second-order valence-electron chi connectivity index (χ2n) is 7.54. The van der Waals surface area contributed by atoms with Gasteiger partial charge in [0.1, 0.15) is 16.7 Å². The van der Waals surface area contributed by atoms with E-state index >= 15 is 0 Å². The van der Waals surface area contributed by atoms with Gasteiger partial charge in [-0.2, -0.15) is 0 Å². The molecule has 0 heterocycles. The van der Waals surface area contributed by atoms with Crippen LogP contribution < -0.4 is 0 Å². The zero-order valence-electron chi connectivity index (χ0n) is 16.6. The van der Waals surface area contributed by atoms with Crippen LogP contribution in [-0.2, 0) is 6.42 Å². The quantitative estimate of drug-likeness (QED) is 0.286. The highest BCUT2D eigenvalue weighted by molar-refractivity contribution is 6.31. The summed E-state index contributed by atoms with van der Waals surface area (Å²) in [4.78, 5) is 0. The topological polar surface area (TPSA) is 0 Å². The van der Waals surface area contributed by atoms with Gasteiger partial charge in [0.2, 0.25) is 0 Å². The smallest absolute Gasteiger partial charge is 0.145 e. The third kappa shape index (κ3) is 4.44. The molecule has 0 aliphatic carbocycles. The number of benzene rings is 4. The highest BCUT2D eigenvalue weighted by Gasteiger charge is 2.10. The van der Waals surface area contributed by atoms with Gasteiger partial charge in [-0.05, 0) is 57.9 Å². The van der Waals surface area contributed by atoms with E-state index in [1.54, 1.807) is 0 Å². The SMILES string of the molecule is CC(Cc1ccc(-c2ccc(-c3cc(F)c(Cl)c(F)c3)cc2)cc1)c1ccccc1. The van der Waals surface area contributed by atoms with Crippen LogP contribution in [0, 0.1) is 11.6 Å². The molecule has 0 amide bonds. The Morgan fingerprint density at radius 1 is 0.667 bits per heavy atom. The first kappa shape index (κ1) is 20.3. The largest absolute Gasteiger partial charge is 0.205 e. The van der Waals surface area contributed by atoms with Crippen molar-refractivity contribution in [3.8, 4) is 22.3 Å². The third-order valence-corrected chi connectivity index (χ3v) is 5.76. The Kier molecular flexibility index (Phi) is 5.96. The monoisotopic (exact) mass is 418 g/mol. The molecule has 150 valence electrons. The van der Waals surface area contributed by atoms with Crippen LogP contribution in [0.2, 0.25) is 5.02 Å². The molecule has 0 aromatic heterocycles. The number of hydrogen-bond donors (Lipinski definition) is 0. The van der Waals surface area contributed by atoms with Gasteiger partial charge < -0.3 is 0 Å². The van der Waals surface area contributed by atoms with E-state index in [1.807, 2.05) is 30.3 Å². The van der Waals surface area contributed by atoms with Gasteiger partial charge in [0.25, 0.3) is 0 Å². The first-order valence-corrected chi connectivity index (χ1v) is 10.3. The zero-order valence-corrected chi connectivity index (χ0v) is 17.3. The lowest BCUT2D eigenvalue weighted by molar-refractivity contribution is 0.585. The van der Waals surface area contributed by atoms with Crippen LogP contribution in [-0.4, -0.2) is 0 Å². The highest BCUT2D eigenvalue weighted by Crippen LogP contribution is 2.29. The van der Waals surface area contributed by atoms with Gasteiger partial charge in [0.05, 0.1) is 0 Å². The summed E-state index contributed by atoms with van der Waals surface area (Å²) >= 11 is 5.57. The molecule has 0 N–H and O–H groups in total. The van der Waals surface area contributed by atoms with Crippen LogP contribution >= 0.6 is 11.6 Å². The molecule has 0 spiro atoms. The van der Waals surface area contributed by atoms with E-state index in [-0.39, 0.29) is 0 Å². The molecule has 0 fully saturated rings. The molecule has 0 aliphatic heterocycles. The average Bonchev–Trinajstić information content (AvgIpc) is 2.78. The molecule has 4 rings (SSSR count). The van der Waals surface area contributed by atoms with Gasteiger partial charge in [-0.25, -0.2) is 8.78 Å². The molecule has 0 bridgehead atoms. The van der Waals surface area contributed by atoms with Gasteiger partial charge >= 0.3 is 0 Å². The summed E-state index contributed by atoms with van der Waals surface area (Å²) < 4.78 is 27.5. The predicted molar refractivity (Wildman–Crippen MR) is 121 cm³/mol. The Morgan fingerprint density at radius 2 is 1.13 bits per heavy atom. The maximum absolute atomic E-state index is 13.7. The van der Waals surface area contributed by atoms with E-state index in [9.17, 15) is 8.78 Å². The van der Waals surface area contributed by atoms with Crippen LogP contribution in [0.4, 0.5) is 8.78 Å². The van der Waals surface area contributed by atoms with Gasteiger partial charge in [0, 0.05) is 0 Å². The van der Waals surface area contributed by atoms with Crippen molar-refractivity contribution in [1.82, 2.24) is 0 Å². The lowest BCUT2D eigenvalue weighted by Crippen LogP contribution is -1.98. The van der Waals surface area contributed by atoms with E-state index in [1.165, 1.54) is 23.3 Å². The van der Waals surface area contributed by atoms with E-state index in [2.05, 4.69) is 55.5 Å². The number of rotatable bonds is 5. The van der Waals surface area contributed by atoms with Crippen molar-refractivity contribution < 1.29 is 8.78 Å². The van der Waals surface area contributed by atoms with E-state index < -0.39 is 16.7 Å². The summed E-state index contributed by atoms with van der Waals surface area (Å²) in [6.45, 7) is 2.24. The standard InChI is InChI=1S/C27H21ClF2/c1-18(20-5-3-2-4-6-20)15-19-7-9-21(10-8-19)22-11-13-23(14-12-22)24-16-25(29)27(28)26(30)17-24/h2-14,16-18H,15H2,1H3. The van der Waals surface area contributed by atoms with Gasteiger partial charge in [0.15, 0.2) is 0 Å². The first-order valence-electron chi connectivity index (χ1n) is 9.90. The van der Waals surface area contributed by atoms with Crippen LogP contribution in [0.1, 0.15) is 24.0 Å². The summed E-state index contributed by atoms with van der Waals surface area (Å²) in [5, 5.41) is -0.475. The molecule has 0 saturated heterocycles. The van der Waals surface area contributed by atoms with E-state index in [0.717, 1.165) is 23.1 Å². The maximum atomic E-state index is 13.7. The van der Waals surface area contributed by atoms with Gasteiger partial charge in [-0.1, -0.05) is 97.4 Å². The minimum Gasteiger partial charge on any atom is -0.205 e. The van der Waals surface area contributed by atoms with Gasteiger partial charge in [-0.15, -0.1) is 0 Å². The van der Waals surface area contributed by atoms with E-state index in [0.29, 0.717) is 11.5 Å². The lowest BCUT2D eigenvalue weighted by Gasteiger charge is -2.12. The molecule has 4 aromatic carbocycles. The molecular weight excluding hydrogens is 398 g/mol. The van der Waals surface area contributed by atoms with Crippen molar-refractivity contribution in [1.29, 1.82) is 0 Å². The Balaban J connectivity index is 1.49. The fourth-order valence-corrected chi connectivity index (χ4v) is 3.77. The molecule has 4 aromatic rings. The van der Waals surface area contributed by atoms with E-state index in [4.69, 9.17) is 11.6 Å². The Morgan fingerprint density at radius 3 is 1.67 bits per heavy atom. The van der Waals surface area contributed by atoms with Crippen LogP contribution in [0.3, 0.4) is 0 Å². The Hall–Kier alpha value is -2.97. The molecule has 1 atom stereocenters. The summed E-state index contributed by atoms with van der Waals surface area (Å²) in [5.74, 6) is -1.05. The summed E-state index contributed by atoms with van der Waals surface area (Å²) in [6.07, 6.45) is 0.983. The number of halogens is 3. The van der Waals surface area contributed by atoms with Crippen molar-refractivity contribution in [3.05, 3.63) is 119 Å². The Labute approximate surface area is 180 Å². The van der Waals surface area contributed by atoms with Crippen molar-refractivity contribution >= 4 is 11.6 Å². The maximum Gasteiger partial charge on any atom is 0.145 e. The fraction of sp³-hybridized carbons (Fsp3) is 0.111. The first-order chi connectivity index (χ1) is 14.5. The van der Waals surface area contributed by atoms with Crippen LogP contribution in [0.25, 0.3) is 22.3 Å². The lowest BCUT2D eigenvalue weighted by atomic mass is 9.92. The molecule has 3 heteroatoms. The molecule has 0 radical (unpaired) electrons. The molecular formula is C27H21ClF2. The molecule has 0 nitrogen and oxygen atoms in total. The van der Waals surface area contributed by atoms with Crippen molar-refractivity contribution in [2.75, 3.05) is 0 Å². The van der Waals surface area contributed by atoms with Crippen LogP contribution in [0.15, 0.2) is 91.0 Å². The second-order valence-corrected chi connectivity index (χ2v) is 7.92. The molecule has 0 saturated carbocycles. The van der Waals surface area contributed by atoms with Crippen molar-refractivity contribution in [2.45, 2.75) is 19.3 Å². The normalized spacial score (nSPS) is 12.0. The second kappa shape index (κ2) is 8.81. The predicted octanol–water partition coefficient (Wildman–Crippen LogP) is 8.30. The third-order valence-electron chi connectivity index (χ3n) is 5.40. The molecule has 30 heavy (non-hydrogen) atoms. The van der Waals surface area contributed by atoms with Crippen LogP contribution in [0.5, 0.6) is 0 Å². The fourth-order valence-electron chi connectivity index (χ4n) is 3.66. The number of hydrogen-bond acceptors (Lipinski definition) is 0. The average molecular weight is 419 g/mol. The van der Waals surface area contributed by atoms with Crippen molar-refractivity contribution in [3.63, 3.8) is 0 Å². The Bertz CT molecular complexity index is 1110. The minimum atomic E-state index is -0.754. The van der Waals surface area contributed by atoms with Gasteiger partial charge in [-0.3, -0.25) is 0 Å². The minimum absolute atomic E-state index is 0.455. The summed E-state index contributed by atoms with van der Waals surface area (Å²) in [5.41, 5.74) is 5.99. The molecule has 0 aliphatic rings. The van der Waals surface area contributed by atoms with Crippen molar-refractivity contribution in [2.24, 2.45) is 0 Å². The summed E-state index contributed by atoms with van der Waals surface area (Å²) in [6, 6.07) is 29.2. The zero-order chi connectivity index (χ0) is 21.1. The highest BCUT2D eigenvalue weighted by atomic mass is 35.5. The molecule has 1 unspecified atom stereocenters.